The lowest BCUT2D eigenvalue weighted by Crippen LogP contribution is -2.29. The number of halogens is 4. The Kier molecular flexibility index (Phi) is 6.48. The Bertz CT molecular complexity index is 1400. The number of hydrogen-bond donors (Lipinski definition) is 1. The quantitative estimate of drug-likeness (QED) is 0.257. The minimum Gasteiger partial charge on any atom is -0.507 e. The highest BCUT2D eigenvalue weighted by atomic mass is 35.5. The summed E-state index contributed by atoms with van der Waals surface area (Å²) >= 11 is 12.6. The average Bonchev–Trinajstić information content (AvgIpc) is 3.36. The Morgan fingerprint density at radius 1 is 1.03 bits per heavy atom. The van der Waals surface area contributed by atoms with Crippen LogP contribution in [0.1, 0.15) is 23.1 Å². The fraction of sp³-hybridized carbons (Fsp3) is 0.167. The van der Waals surface area contributed by atoms with Gasteiger partial charge in [-0.25, -0.2) is 8.78 Å². The Balaban J connectivity index is 2.01. The standard InChI is InChI=1S/C24H17Cl2F2NO6/c1-10-4-7-16(35-10)19-17(20(30)12-9-13(25)23(34-3)18(26)22(12)33-2)21(31)24(32)29(19)11-5-6-14(27)15(28)8-11/h4-9,19,30H,1-3H3/b20-17+. The molecule has 0 aliphatic carbocycles. The SMILES string of the molecule is COc1c(Cl)cc(/C(O)=C2\C(=O)C(=O)N(c3ccc(F)c(F)c3)C2c2ccc(C)o2)c(OC)c1Cl. The van der Waals surface area contributed by atoms with Gasteiger partial charge in [0, 0.05) is 11.8 Å². The van der Waals surface area contributed by atoms with E-state index in [1.54, 1.807) is 13.0 Å². The van der Waals surface area contributed by atoms with E-state index in [1.165, 1.54) is 26.4 Å². The zero-order valence-electron chi connectivity index (χ0n) is 18.5. The molecule has 0 bridgehead atoms. The van der Waals surface area contributed by atoms with Crippen LogP contribution >= 0.6 is 23.2 Å². The van der Waals surface area contributed by atoms with Crippen molar-refractivity contribution < 1.29 is 37.4 Å². The van der Waals surface area contributed by atoms with Gasteiger partial charge in [-0.05, 0) is 37.3 Å². The molecular weight excluding hydrogens is 507 g/mol. The van der Waals surface area contributed by atoms with Crippen LogP contribution in [-0.4, -0.2) is 31.0 Å². The van der Waals surface area contributed by atoms with E-state index in [1.807, 2.05) is 0 Å². The maximum atomic E-state index is 14.0. The summed E-state index contributed by atoms with van der Waals surface area (Å²) in [6.07, 6.45) is 0. The van der Waals surface area contributed by atoms with Crippen LogP contribution in [0.15, 0.2) is 46.4 Å². The number of ketones is 1. The maximum absolute atomic E-state index is 14.0. The van der Waals surface area contributed by atoms with Gasteiger partial charge in [0.25, 0.3) is 11.7 Å². The molecule has 4 rings (SSSR count). The van der Waals surface area contributed by atoms with E-state index in [-0.39, 0.29) is 38.6 Å². The third-order valence-corrected chi connectivity index (χ3v) is 6.08. The minimum absolute atomic E-state index is 0.0000716. The molecule has 1 aliphatic heterocycles. The van der Waals surface area contributed by atoms with Crippen LogP contribution in [-0.2, 0) is 9.59 Å². The topological polar surface area (TPSA) is 89.2 Å². The Labute approximate surface area is 208 Å². The van der Waals surface area contributed by atoms with E-state index in [0.29, 0.717) is 5.76 Å². The average molecular weight is 524 g/mol. The Morgan fingerprint density at radius 3 is 2.29 bits per heavy atom. The normalized spacial score (nSPS) is 17.2. The zero-order chi connectivity index (χ0) is 25.6. The second-order valence-electron chi connectivity index (χ2n) is 7.50. The lowest BCUT2D eigenvalue weighted by molar-refractivity contribution is -0.132. The summed E-state index contributed by atoms with van der Waals surface area (Å²) in [5.41, 5.74) is -0.619. The highest BCUT2D eigenvalue weighted by Gasteiger charge is 2.49. The number of aliphatic hydroxyl groups is 1. The first kappa shape index (κ1) is 24.6. The fourth-order valence-electron chi connectivity index (χ4n) is 3.89. The number of benzene rings is 2. The molecule has 1 atom stereocenters. The maximum Gasteiger partial charge on any atom is 0.300 e. The van der Waals surface area contributed by atoms with Crippen molar-refractivity contribution >= 4 is 46.3 Å². The van der Waals surface area contributed by atoms with Crippen LogP contribution in [0.25, 0.3) is 5.76 Å². The van der Waals surface area contributed by atoms with Gasteiger partial charge < -0.3 is 19.0 Å². The summed E-state index contributed by atoms with van der Waals surface area (Å²) in [6, 6.07) is 5.74. The monoisotopic (exact) mass is 523 g/mol. The van der Waals surface area contributed by atoms with E-state index in [4.69, 9.17) is 37.1 Å². The summed E-state index contributed by atoms with van der Waals surface area (Å²) in [6.45, 7) is 1.64. The van der Waals surface area contributed by atoms with Crippen molar-refractivity contribution in [1.82, 2.24) is 0 Å². The number of anilines is 1. The number of Topliss-reactive ketones (excluding diaryl/α,β-unsaturated/α-hetero) is 1. The van der Waals surface area contributed by atoms with Crippen LogP contribution in [0.5, 0.6) is 11.5 Å². The second kappa shape index (κ2) is 9.24. The molecule has 1 aromatic heterocycles. The summed E-state index contributed by atoms with van der Waals surface area (Å²) in [5, 5.41) is 11.2. The number of furan rings is 1. The van der Waals surface area contributed by atoms with Gasteiger partial charge in [-0.1, -0.05) is 23.2 Å². The largest absolute Gasteiger partial charge is 0.507 e. The molecule has 0 radical (unpaired) electrons. The van der Waals surface area contributed by atoms with Gasteiger partial charge in [0.15, 0.2) is 23.1 Å². The molecular formula is C24H17Cl2F2NO6. The third-order valence-electron chi connectivity index (χ3n) is 5.45. The first-order valence-corrected chi connectivity index (χ1v) is 10.8. The fourth-order valence-corrected chi connectivity index (χ4v) is 4.58. The number of amides is 1. The predicted octanol–water partition coefficient (Wildman–Crippen LogP) is 5.82. The molecule has 2 heterocycles. The van der Waals surface area contributed by atoms with Crippen molar-refractivity contribution in [3.63, 3.8) is 0 Å². The number of rotatable bonds is 5. The molecule has 0 saturated carbocycles. The predicted molar refractivity (Wildman–Crippen MR) is 124 cm³/mol. The molecule has 11 heteroatoms. The first-order chi connectivity index (χ1) is 16.6. The van der Waals surface area contributed by atoms with Crippen LogP contribution < -0.4 is 14.4 Å². The minimum atomic E-state index is -1.32. The lowest BCUT2D eigenvalue weighted by atomic mass is 9.98. The Hall–Kier alpha value is -3.56. The van der Waals surface area contributed by atoms with Crippen molar-refractivity contribution in [2.75, 3.05) is 19.1 Å². The summed E-state index contributed by atoms with van der Waals surface area (Å²) in [4.78, 5) is 27.2. The molecule has 35 heavy (non-hydrogen) atoms. The second-order valence-corrected chi connectivity index (χ2v) is 8.29. The summed E-state index contributed by atoms with van der Waals surface area (Å²) in [5.74, 6) is -4.69. The number of carbonyl (C=O) groups is 2. The van der Waals surface area contributed by atoms with E-state index in [9.17, 15) is 23.5 Å². The van der Waals surface area contributed by atoms with Crippen LogP contribution in [0.2, 0.25) is 10.0 Å². The van der Waals surface area contributed by atoms with Gasteiger partial charge in [0.1, 0.15) is 28.3 Å². The smallest absolute Gasteiger partial charge is 0.300 e. The zero-order valence-corrected chi connectivity index (χ0v) is 20.0. The van der Waals surface area contributed by atoms with Crippen LogP contribution in [0, 0.1) is 18.6 Å². The number of carbonyl (C=O) groups excluding carboxylic acids is 2. The van der Waals surface area contributed by atoms with Crippen molar-refractivity contribution in [3.8, 4) is 11.5 Å². The highest BCUT2D eigenvalue weighted by molar-refractivity contribution is 6.51. The lowest BCUT2D eigenvalue weighted by Gasteiger charge is -2.24. The first-order valence-electron chi connectivity index (χ1n) is 10.0. The van der Waals surface area contributed by atoms with Gasteiger partial charge in [-0.15, -0.1) is 0 Å². The number of nitrogens with zero attached hydrogens (tertiary/aromatic N) is 1. The molecule has 1 saturated heterocycles. The van der Waals surface area contributed by atoms with Gasteiger partial charge >= 0.3 is 0 Å². The van der Waals surface area contributed by atoms with Crippen molar-refractivity contribution in [2.24, 2.45) is 0 Å². The Morgan fingerprint density at radius 2 is 1.71 bits per heavy atom. The van der Waals surface area contributed by atoms with E-state index in [0.717, 1.165) is 23.1 Å². The van der Waals surface area contributed by atoms with Gasteiger partial charge in [-0.3, -0.25) is 14.5 Å². The van der Waals surface area contributed by atoms with Crippen molar-refractivity contribution in [1.29, 1.82) is 0 Å². The number of ether oxygens (including phenoxy) is 2. The molecule has 182 valence electrons. The molecule has 0 spiro atoms. The van der Waals surface area contributed by atoms with Crippen molar-refractivity contribution in [3.05, 3.63) is 80.7 Å². The third kappa shape index (κ3) is 4.00. The summed E-state index contributed by atoms with van der Waals surface area (Å²) in [7, 11) is 2.61. The number of aliphatic hydroxyl groups excluding tert-OH is 1. The summed E-state index contributed by atoms with van der Waals surface area (Å²) < 4.78 is 43.7. The van der Waals surface area contributed by atoms with Crippen molar-refractivity contribution in [2.45, 2.75) is 13.0 Å². The molecule has 1 aliphatic rings. The van der Waals surface area contributed by atoms with Gasteiger partial charge in [-0.2, -0.15) is 0 Å². The molecule has 1 fully saturated rings. The number of methoxy groups -OCH3 is 2. The number of hydrogen-bond acceptors (Lipinski definition) is 6. The highest BCUT2D eigenvalue weighted by Crippen LogP contribution is 2.48. The number of aryl methyl sites for hydroxylation is 1. The van der Waals surface area contributed by atoms with Gasteiger partial charge in [0.05, 0.1) is 30.4 Å². The van der Waals surface area contributed by atoms with Crippen LogP contribution in [0.4, 0.5) is 14.5 Å². The van der Waals surface area contributed by atoms with E-state index >= 15 is 0 Å². The van der Waals surface area contributed by atoms with E-state index in [2.05, 4.69) is 0 Å². The van der Waals surface area contributed by atoms with Crippen LogP contribution in [0.3, 0.4) is 0 Å². The molecule has 1 unspecified atom stereocenters. The van der Waals surface area contributed by atoms with E-state index < -0.39 is 40.7 Å². The molecule has 1 N–H and O–H groups in total. The molecule has 3 aromatic rings. The molecule has 7 nitrogen and oxygen atoms in total. The molecule has 1 amide bonds. The van der Waals surface area contributed by atoms with Gasteiger partial charge in [0.2, 0.25) is 0 Å². The molecule has 2 aromatic carbocycles.